The molecule has 1 aliphatic rings. The van der Waals surface area contributed by atoms with Crippen LogP contribution < -0.4 is 10.1 Å². The van der Waals surface area contributed by atoms with E-state index < -0.39 is 24.7 Å². The molecule has 0 aliphatic carbocycles. The third kappa shape index (κ3) is 3.42. The van der Waals surface area contributed by atoms with Gasteiger partial charge in [-0.25, -0.2) is 8.78 Å². The fourth-order valence-corrected chi connectivity index (χ4v) is 2.31. The largest absolute Gasteiger partial charge is 0.487 e. The van der Waals surface area contributed by atoms with Crippen molar-refractivity contribution in [1.82, 2.24) is 5.32 Å². The molecule has 0 radical (unpaired) electrons. The molecule has 0 aromatic heterocycles. The van der Waals surface area contributed by atoms with Crippen molar-refractivity contribution in [3.63, 3.8) is 0 Å². The summed E-state index contributed by atoms with van der Waals surface area (Å²) in [6, 6.07) is 7.24. The van der Waals surface area contributed by atoms with Gasteiger partial charge in [0, 0.05) is 18.0 Å². The maximum atomic E-state index is 13.1. The lowest BCUT2D eigenvalue weighted by Crippen LogP contribution is -2.43. The Hall–Kier alpha value is -1.20. The second-order valence-corrected chi connectivity index (χ2v) is 5.55. The molecule has 3 nitrogen and oxygen atoms in total. The Balaban J connectivity index is 2.16. The number of fused-ring (bicyclic) bond motifs is 1. The van der Waals surface area contributed by atoms with E-state index in [1.54, 1.807) is 0 Å². The van der Waals surface area contributed by atoms with Crippen LogP contribution in [-0.4, -0.2) is 29.8 Å². The minimum atomic E-state index is -3.10. The molecule has 1 aliphatic heterocycles. The van der Waals surface area contributed by atoms with Gasteiger partial charge in [-0.1, -0.05) is 18.2 Å². The highest BCUT2D eigenvalue weighted by Crippen LogP contribution is 2.39. The Bertz CT molecular complexity index is 449. The van der Waals surface area contributed by atoms with Gasteiger partial charge < -0.3 is 15.2 Å². The summed E-state index contributed by atoms with van der Waals surface area (Å²) in [5.41, 5.74) is 0.483. The number of hydrogen-bond donors (Lipinski definition) is 2. The Morgan fingerprint density at radius 1 is 1.42 bits per heavy atom. The molecule has 0 bridgehead atoms. The molecule has 0 saturated carbocycles. The molecule has 0 saturated heterocycles. The van der Waals surface area contributed by atoms with E-state index in [2.05, 4.69) is 5.32 Å². The molecule has 1 aromatic carbocycles. The van der Waals surface area contributed by atoms with Crippen LogP contribution in [0.5, 0.6) is 5.75 Å². The van der Waals surface area contributed by atoms with Crippen LogP contribution in [0, 0.1) is 0 Å². The highest BCUT2D eigenvalue weighted by molar-refractivity contribution is 5.38. The topological polar surface area (TPSA) is 41.5 Å². The van der Waals surface area contributed by atoms with Gasteiger partial charge in [-0.05, 0) is 19.9 Å². The number of nitrogens with one attached hydrogen (secondary N) is 1. The third-order valence-corrected chi connectivity index (χ3v) is 3.21. The summed E-state index contributed by atoms with van der Waals surface area (Å²) in [5, 5.41) is 11.4. The molecule has 19 heavy (non-hydrogen) atoms. The Morgan fingerprint density at radius 2 is 2.11 bits per heavy atom. The number of para-hydroxylation sites is 1. The van der Waals surface area contributed by atoms with Crippen molar-refractivity contribution < 1.29 is 18.6 Å². The van der Waals surface area contributed by atoms with E-state index in [1.165, 1.54) is 0 Å². The maximum absolute atomic E-state index is 13.1. The summed E-state index contributed by atoms with van der Waals surface area (Å²) >= 11 is 0. The molecular formula is C14H19F2NO2. The van der Waals surface area contributed by atoms with Gasteiger partial charge in [0.2, 0.25) is 0 Å². The number of hydrogen-bond acceptors (Lipinski definition) is 3. The average Bonchev–Trinajstić information content (AvgIpc) is 2.35. The first-order chi connectivity index (χ1) is 8.83. The molecule has 5 heteroatoms. The van der Waals surface area contributed by atoms with E-state index in [0.717, 1.165) is 11.3 Å². The van der Waals surface area contributed by atoms with Crippen LogP contribution in [0.15, 0.2) is 24.3 Å². The number of aliphatic hydroxyl groups excluding tert-OH is 1. The van der Waals surface area contributed by atoms with Crippen LogP contribution in [0.4, 0.5) is 8.78 Å². The van der Waals surface area contributed by atoms with Crippen molar-refractivity contribution in [2.75, 3.05) is 13.2 Å². The van der Waals surface area contributed by atoms with Gasteiger partial charge in [0.25, 0.3) is 5.92 Å². The van der Waals surface area contributed by atoms with E-state index in [9.17, 15) is 8.78 Å². The SMILES string of the molecule is CC1(C)CC(NCC(F)(F)CO)c2ccccc2O1. The van der Waals surface area contributed by atoms with Gasteiger partial charge in [0.05, 0.1) is 6.54 Å². The second-order valence-electron chi connectivity index (χ2n) is 5.55. The molecule has 0 amide bonds. The first kappa shape index (κ1) is 14.2. The van der Waals surface area contributed by atoms with Crippen molar-refractivity contribution in [3.05, 3.63) is 29.8 Å². The van der Waals surface area contributed by atoms with Crippen LogP contribution in [0.3, 0.4) is 0 Å². The fourth-order valence-electron chi connectivity index (χ4n) is 2.31. The van der Waals surface area contributed by atoms with Crippen molar-refractivity contribution in [3.8, 4) is 5.75 Å². The van der Waals surface area contributed by atoms with E-state index in [-0.39, 0.29) is 6.04 Å². The van der Waals surface area contributed by atoms with Gasteiger partial charge >= 0.3 is 0 Å². The van der Waals surface area contributed by atoms with Gasteiger partial charge in [-0.2, -0.15) is 0 Å². The van der Waals surface area contributed by atoms with Crippen LogP contribution in [-0.2, 0) is 0 Å². The van der Waals surface area contributed by atoms with Crippen LogP contribution >= 0.6 is 0 Å². The summed E-state index contributed by atoms with van der Waals surface area (Å²) in [6.45, 7) is 2.18. The number of benzene rings is 1. The molecule has 0 fully saturated rings. The standard InChI is InChI=1S/C14H19F2NO2/c1-13(2)7-11(17-8-14(15,16)9-18)10-5-3-4-6-12(10)19-13/h3-6,11,17-18H,7-9H2,1-2H3. The van der Waals surface area contributed by atoms with Gasteiger partial charge in [0.1, 0.15) is 18.0 Å². The Labute approximate surface area is 111 Å². The summed E-state index contributed by atoms with van der Waals surface area (Å²) in [6.07, 6.45) is 0.603. The number of ether oxygens (including phenoxy) is 1. The first-order valence-corrected chi connectivity index (χ1v) is 6.33. The predicted octanol–water partition coefficient (Wildman–Crippen LogP) is 2.51. The molecular weight excluding hydrogens is 252 g/mol. The highest BCUT2D eigenvalue weighted by atomic mass is 19.3. The molecule has 106 valence electrons. The summed E-state index contributed by atoms with van der Waals surface area (Å²) in [4.78, 5) is 0. The minimum Gasteiger partial charge on any atom is -0.487 e. The van der Waals surface area contributed by atoms with E-state index in [1.807, 2.05) is 38.1 Å². The number of aliphatic hydroxyl groups is 1. The maximum Gasteiger partial charge on any atom is 0.282 e. The zero-order valence-corrected chi connectivity index (χ0v) is 11.1. The van der Waals surface area contributed by atoms with E-state index in [4.69, 9.17) is 9.84 Å². The van der Waals surface area contributed by atoms with Crippen molar-refractivity contribution >= 4 is 0 Å². The summed E-state index contributed by atoms with van der Waals surface area (Å²) < 4.78 is 32.1. The van der Waals surface area contributed by atoms with Crippen LogP contribution in [0.1, 0.15) is 31.9 Å². The number of halogens is 2. The van der Waals surface area contributed by atoms with E-state index in [0.29, 0.717) is 6.42 Å². The zero-order valence-electron chi connectivity index (χ0n) is 11.1. The first-order valence-electron chi connectivity index (χ1n) is 6.33. The Morgan fingerprint density at radius 3 is 2.79 bits per heavy atom. The monoisotopic (exact) mass is 271 g/mol. The molecule has 0 spiro atoms. The lowest BCUT2D eigenvalue weighted by molar-refractivity contribution is -0.0519. The molecule has 1 aromatic rings. The highest BCUT2D eigenvalue weighted by Gasteiger charge is 2.35. The zero-order chi connectivity index (χ0) is 14.1. The molecule has 1 unspecified atom stereocenters. The smallest absolute Gasteiger partial charge is 0.282 e. The van der Waals surface area contributed by atoms with Gasteiger partial charge in [0.15, 0.2) is 0 Å². The Kier molecular flexibility index (Phi) is 3.78. The predicted molar refractivity (Wildman–Crippen MR) is 68.5 cm³/mol. The van der Waals surface area contributed by atoms with E-state index >= 15 is 0 Å². The molecule has 2 rings (SSSR count). The summed E-state index contributed by atoms with van der Waals surface area (Å²) in [7, 11) is 0. The molecule has 1 atom stereocenters. The second kappa shape index (κ2) is 5.06. The number of rotatable bonds is 4. The quantitative estimate of drug-likeness (QED) is 0.884. The molecule has 2 N–H and O–H groups in total. The lowest BCUT2D eigenvalue weighted by Gasteiger charge is -2.38. The minimum absolute atomic E-state index is 0.197. The summed E-state index contributed by atoms with van der Waals surface area (Å²) in [5.74, 6) is -2.37. The number of alkyl halides is 2. The van der Waals surface area contributed by atoms with Gasteiger partial charge in [-0.15, -0.1) is 0 Å². The fraction of sp³-hybridized carbons (Fsp3) is 0.571. The third-order valence-electron chi connectivity index (χ3n) is 3.21. The molecule has 1 heterocycles. The average molecular weight is 271 g/mol. The van der Waals surface area contributed by atoms with Crippen LogP contribution in [0.25, 0.3) is 0 Å². The van der Waals surface area contributed by atoms with Crippen molar-refractivity contribution in [1.29, 1.82) is 0 Å². The van der Waals surface area contributed by atoms with Crippen molar-refractivity contribution in [2.24, 2.45) is 0 Å². The van der Waals surface area contributed by atoms with Crippen molar-refractivity contribution in [2.45, 2.75) is 37.8 Å². The van der Waals surface area contributed by atoms with Crippen LogP contribution in [0.2, 0.25) is 0 Å². The normalized spacial score (nSPS) is 21.6. The van der Waals surface area contributed by atoms with Gasteiger partial charge in [-0.3, -0.25) is 0 Å². The lowest BCUT2D eigenvalue weighted by atomic mass is 9.89.